The van der Waals surface area contributed by atoms with Crippen molar-refractivity contribution >= 4 is 15.4 Å². The molecule has 0 unspecified atom stereocenters. The van der Waals surface area contributed by atoms with Crippen molar-refractivity contribution in [2.24, 2.45) is 0 Å². The molecule has 0 aliphatic carbocycles. The smallest absolute Gasteiger partial charge is 0.177 e. The molecule has 0 atom stereocenters. The number of hydrogen-bond acceptors (Lipinski definition) is 3. The Kier molecular flexibility index (Phi) is 5.96. The standard InChI is InChI=1S/C15H21NO2S/c1-4-5-6-7-8-9-13(2)15-11-10-14(12-16-15)19(3,17)18/h8-12H,2,4-7H2,1,3H3/b9-8+. The molecule has 19 heavy (non-hydrogen) atoms. The highest BCUT2D eigenvalue weighted by molar-refractivity contribution is 7.90. The summed E-state index contributed by atoms with van der Waals surface area (Å²) in [6.45, 7) is 6.11. The summed E-state index contributed by atoms with van der Waals surface area (Å²) >= 11 is 0. The summed E-state index contributed by atoms with van der Waals surface area (Å²) in [7, 11) is -3.18. The molecule has 3 nitrogen and oxygen atoms in total. The van der Waals surface area contributed by atoms with Gasteiger partial charge in [-0.1, -0.05) is 38.5 Å². The Hall–Kier alpha value is -1.42. The molecule has 0 amide bonds. The molecule has 0 spiro atoms. The molecule has 1 heterocycles. The summed E-state index contributed by atoms with van der Waals surface area (Å²) in [6.07, 6.45) is 11.2. The minimum absolute atomic E-state index is 0.232. The van der Waals surface area contributed by atoms with E-state index in [1.54, 1.807) is 12.1 Å². The minimum Gasteiger partial charge on any atom is -0.255 e. The van der Waals surface area contributed by atoms with Crippen molar-refractivity contribution in [3.05, 3.63) is 42.8 Å². The number of unbranched alkanes of at least 4 members (excludes halogenated alkanes) is 3. The number of rotatable bonds is 7. The van der Waals surface area contributed by atoms with Crippen LogP contribution in [0, 0.1) is 0 Å². The number of aromatic nitrogens is 1. The van der Waals surface area contributed by atoms with Crippen LogP contribution in [0.4, 0.5) is 0 Å². The Morgan fingerprint density at radius 1 is 1.37 bits per heavy atom. The molecule has 0 aliphatic heterocycles. The van der Waals surface area contributed by atoms with Crippen LogP contribution in [0.15, 0.2) is 42.0 Å². The first kappa shape index (κ1) is 15.6. The summed E-state index contributed by atoms with van der Waals surface area (Å²) in [6, 6.07) is 3.25. The molecule has 1 rings (SSSR count). The highest BCUT2D eigenvalue weighted by atomic mass is 32.2. The fourth-order valence-electron chi connectivity index (χ4n) is 1.61. The van der Waals surface area contributed by atoms with Gasteiger partial charge in [-0.05, 0) is 30.5 Å². The van der Waals surface area contributed by atoms with E-state index in [1.807, 2.05) is 6.08 Å². The largest absolute Gasteiger partial charge is 0.255 e. The van der Waals surface area contributed by atoms with Gasteiger partial charge in [0.25, 0.3) is 0 Å². The van der Waals surface area contributed by atoms with Crippen LogP contribution in [0.3, 0.4) is 0 Å². The lowest BCUT2D eigenvalue weighted by atomic mass is 10.1. The van der Waals surface area contributed by atoms with Crippen molar-refractivity contribution in [1.82, 2.24) is 4.98 Å². The van der Waals surface area contributed by atoms with Crippen molar-refractivity contribution in [2.75, 3.05) is 6.26 Å². The molecule has 0 N–H and O–H groups in total. The summed E-state index contributed by atoms with van der Waals surface area (Å²) in [4.78, 5) is 4.36. The van der Waals surface area contributed by atoms with Crippen molar-refractivity contribution in [3.63, 3.8) is 0 Å². The number of hydrogen-bond donors (Lipinski definition) is 0. The molecule has 1 aromatic heterocycles. The van der Waals surface area contributed by atoms with Crippen LogP contribution in [-0.4, -0.2) is 19.7 Å². The third kappa shape index (κ3) is 5.39. The van der Waals surface area contributed by atoms with E-state index < -0.39 is 9.84 Å². The lowest BCUT2D eigenvalue weighted by Crippen LogP contribution is -1.98. The first-order valence-electron chi connectivity index (χ1n) is 6.47. The first-order valence-corrected chi connectivity index (χ1v) is 8.36. The second-order valence-corrected chi connectivity index (χ2v) is 6.59. The van der Waals surface area contributed by atoms with Gasteiger partial charge in [-0.15, -0.1) is 0 Å². The maximum absolute atomic E-state index is 11.3. The van der Waals surface area contributed by atoms with Crippen molar-refractivity contribution < 1.29 is 8.42 Å². The van der Waals surface area contributed by atoms with Gasteiger partial charge in [-0.25, -0.2) is 8.42 Å². The van der Waals surface area contributed by atoms with Gasteiger partial charge in [0.05, 0.1) is 10.6 Å². The highest BCUT2D eigenvalue weighted by Crippen LogP contribution is 2.14. The number of sulfone groups is 1. The second-order valence-electron chi connectivity index (χ2n) is 4.57. The van der Waals surface area contributed by atoms with E-state index in [0.29, 0.717) is 5.69 Å². The highest BCUT2D eigenvalue weighted by Gasteiger charge is 2.07. The van der Waals surface area contributed by atoms with Crippen LogP contribution in [-0.2, 0) is 9.84 Å². The van der Waals surface area contributed by atoms with Gasteiger partial charge in [0.15, 0.2) is 9.84 Å². The van der Waals surface area contributed by atoms with Gasteiger partial charge < -0.3 is 0 Å². The van der Waals surface area contributed by atoms with E-state index in [4.69, 9.17) is 0 Å². The fourth-order valence-corrected chi connectivity index (χ4v) is 2.17. The Balaban J connectivity index is 2.63. The van der Waals surface area contributed by atoms with Gasteiger partial charge in [0.2, 0.25) is 0 Å². The van der Waals surface area contributed by atoms with Gasteiger partial charge in [-0.3, -0.25) is 4.98 Å². The predicted octanol–water partition coefficient (Wildman–Crippen LogP) is 3.63. The fraction of sp³-hybridized carbons (Fsp3) is 0.400. The van der Waals surface area contributed by atoms with E-state index in [1.165, 1.54) is 31.7 Å². The van der Waals surface area contributed by atoms with Gasteiger partial charge in [0.1, 0.15) is 0 Å². The van der Waals surface area contributed by atoms with E-state index in [9.17, 15) is 8.42 Å². The molecule has 4 heteroatoms. The summed E-state index contributed by atoms with van der Waals surface area (Å²) in [5.41, 5.74) is 1.51. The topological polar surface area (TPSA) is 47.0 Å². The van der Waals surface area contributed by atoms with Gasteiger partial charge >= 0.3 is 0 Å². The average Bonchev–Trinajstić information content (AvgIpc) is 2.37. The molecule has 0 aliphatic rings. The zero-order chi connectivity index (χ0) is 14.3. The van der Waals surface area contributed by atoms with Gasteiger partial charge in [0, 0.05) is 12.5 Å². The summed E-state index contributed by atoms with van der Waals surface area (Å²) in [5, 5.41) is 0. The molecular formula is C15H21NO2S. The van der Waals surface area contributed by atoms with E-state index in [0.717, 1.165) is 12.0 Å². The normalized spacial score (nSPS) is 11.9. The third-order valence-corrected chi connectivity index (χ3v) is 3.88. The number of pyridine rings is 1. The van der Waals surface area contributed by atoms with E-state index >= 15 is 0 Å². The van der Waals surface area contributed by atoms with Gasteiger partial charge in [-0.2, -0.15) is 0 Å². The maximum atomic E-state index is 11.3. The molecule has 0 saturated heterocycles. The van der Waals surface area contributed by atoms with E-state index in [-0.39, 0.29) is 4.90 Å². The monoisotopic (exact) mass is 279 g/mol. The maximum Gasteiger partial charge on any atom is 0.177 e. The summed E-state index contributed by atoms with van der Waals surface area (Å²) in [5.74, 6) is 0. The summed E-state index contributed by atoms with van der Waals surface area (Å²) < 4.78 is 22.6. The van der Waals surface area contributed by atoms with Crippen LogP contribution in [0.1, 0.15) is 38.3 Å². The minimum atomic E-state index is -3.18. The second kappa shape index (κ2) is 7.24. The SMILES string of the molecule is C=C(/C=C/CCCCC)c1ccc(S(C)(=O)=O)cn1. The Morgan fingerprint density at radius 2 is 2.11 bits per heavy atom. The molecule has 1 aromatic rings. The Morgan fingerprint density at radius 3 is 2.63 bits per heavy atom. The molecule has 104 valence electrons. The zero-order valence-electron chi connectivity index (χ0n) is 11.6. The van der Waals surface area contributed by atoms with Crippen LogP contribution in [0.2, 0.25) is 0 Å². The lowest BCUT2D eigenvalue weighted by Gasteiger charge is -2.02. The molecule has 0 aromatic carbocycles. The molecule has 0 radical (unpaired) electrons. The van der Waals surface area contributed by atoms with Crippen LogP contribution < -0.4 is 0 Å². The van der Waals surface area contributed by atoms with Crippen molar-refractivity contribution in [3.8, 4) is 0 Å². The lowest BCUT2D eigenvalue weighted by molar-refractivity contribution is 0.601. The van der Waals surface area contributed by atoms with Crippen molar-refractivity contribution in [2.45, 2.75) is 37.5 Å². The number of allylic oxidation sites excluding steroid dienone is 3. The molecule has 0 saturated carbocycles. The average molecular weight is 279 g/mol. The van der Waals surface area contributed by atoms with Crippen LogP contribution in [0.25, 0.3) is 5.57 Å². The molecule has 0 fully saturated rings. The van der Waals surface area contributed by atoms with Crippen LogP contribution in [0.5, 0.6) is 0 Å². The van der Waals surface area contributed by atoms with Crippen LogP contribution >= 0.6 is 0 Å². The first-order chi connectivity index (χ1) is 8.95. The number of nitrogens with zero attached hydrogens (tertiary/aromatic N) is 1. The Labute approximate surface area is 116 Å². The third-order valence-electron chi connectivity index (χ3n) is 2.79. The zero-order valence-corrected chi connectivity index (χ0v) is 12.4. The van der Waals surface area contributed by atoms with E-state index in [2.05, 4.69) is 24.6 Å². The molecule has 0 bridgehead atoms. The molecular weight excluding hydrogens is 258 g/mol. The quantitative estimate of drug-likeness (QED) is 0.565. The predicted molar refractivity (Wildman–Crippen MR) is 79.7 cm³/mol. The van der Waals surface area contributed by atoms with Crippen molar-refractivity contribution in [1.29, 1.82) is 0 Å². The Bertz CT molecular complexity index is 542.